The van der Waals surface area contributed by atoms with Crippen LogP contribution in [0, 0.1) is 5.82 Å². The van der Waals surface area contributed by atoms with Gasteiger partial charge in [-0.3, -0.25) is 4.79 Å². The zero-order chi connectivity index (χ0) is 10.8. The van der Waals surface area contributed by atoms with Gasteiger partial charge in [0.25, 0.3) is 0 Å². The van der Waals surface area contributed by atoms with Crippen LogP contribution in [0.25, 0.3) is 11.3 Å². The van der Waals surface area contributed by atoms with Gasteiger partial charge in [-0.1, -0.05) is 17.3 Å². The highest BCUT2D eigenvalue weighted by Crippen LogP contribution is 2.20. The van der Waals surface area contributed by atoms with E-state index in [1.165, 1.54) is 25.1 Å². The molecule has 0 N–H and O–H groups in total. The van der Waals surface area contributed by atoms with E-state index in [-0.39, 0.29) is 17.3 Å². The van der Waals surface area contributed by atoms with Crippen molar-refractivity contribution in [2.24, 2.45) is 0 Å². The van der Waals surface area contributed by atoms with E-state index in [1.807, 2.05) is 0 Å². The third kappa shape index (κ3) is 1.93. The van der Waals surface area contributed by atoms with Gasteiger partial charge in [0.2, 0.25) is 0 Å². The minimum atomic E-state index is -0.353. The van der Waals surface area contributed by atoms with Gasteiger partial charge in [-0.2, -0.15) is 0 Å². The van der Waals surface area contributed by atoms with E-state index in [1.54, 1.807) is 12.1 Å². The van der Waals surface area contributed by atoms with Crippen LogP contribution in [-0.4, -0.2) is 10.9 Å². The molecule has 0 aliphatic heterocycles. The maximum Gasteiger partial charge on any atom is 0.181 e. The summed E-state index contributed by atoms with van der Waals surface area (Å²) in [6, 6.07) is 7.42. The fourth-order valence-electron chi connectivity index (χ4n) is 1.22. The minimum absolute atomic E-state index is 0.179. The van der Waals surface area contributed by atoms with E-state index in [0.717, 1.165) is 0 Å². The van der Waals surface area contributed by atoms with Crippen LogP contribution in [0.3, 0.4) is 0 Å². The molecule has 1 aromatic carbocycles. The minimum Gasteiger partial charge on any atom is -0.356 e. The zero-order valence-electron chi connectivity index (χ0n) is 8.03. The van der Waals surface area contributed by atoms with Crippen molar-refractivity contribution in [2.75, 3.05) is 0 Å². The highest BCUT2D eigenvalue weighted by molar-refractivity contribution is 5.92. The predicted octanol–water partition coefficient (Wildman–Crippen LogP) is 2.68. The number of aromatic nitrogens is 1. The second-order valence-corrected chi connectivity index (χ2v) is 3.14. The van der Waals surface area contributed by atoms with Crippen molar-refractivity contribution in [3.05, 3.63) is 41.8 Å². The summed E-state index contributed by atoms with van der Waals surface area (Å²) in [5.74, 6) is -0.144. The van der Waals surface area contributed by atoms with Crippen LogP contribution in [0.2, 0.25) is 0 Å². The molecule has 0 unspecified atom stereocenters. The van der Waals surface area contributed by atoms with Crippen molar-refractivity contribution in [1.29, 1.82) is 0 Å². The molecule has 0 radical (unpaired) electrons. The Morgan fingerprint density at radius 1 is 1.40 bits per heavy atom. The predicted molar refractivity (Wildman–Crippen MR) is 51.9 cm³/mol. The van der Waals surface area contributed by atoms with Gasteiger partial charge >= 0.3 is 0 Å². The molecular weight excluding hydrogens is 197 g/mol. The zero-order valence-corrected chi connectivity index (χ0v) is 8.03. The lowest BCUT2D eigenvalue weighted by Gasteiger charge is -1.93. The molecule has 0 saturated heterocycles. The number of ketones is 1. The lowest BCUT2D eigenvalue weighted by atomic mass is 10.1. The first-order valence-electron chi connectivity index (χ1n) is 4.40. The summed E-state index contributed by atoms with van der Waals surface area (Å²) in [6.07, 6.45) is 0. The van der Waals surface area contributed by atoms with Gasteiger partial charge in [0, 0.05) is 18.6 Å². The van der Waals surface area contributed by atoms with E-state index in [2.05, 4.69) is 5.16 Å². The van der Waals surface area contributed by atoms with Gasteiger partial charge < -0.3 is 4.52 Å². The van der Waals surface area contributed by atoms with Gasteiger partial charge in [-0.15, -0.1) is 0 Å². The van der Waals surface area contributed by atoms with Crippen molar-refractivity contribution in [3.8, 4) is 11.3 Å². The number of benzene rings is 1. The van der Waals surface area contributed by atoms with Gasteiger partial charge in [0.05, 0.1) is 0 Å². The highest BCUT2D eigenvalue weighted by atomic mass is 19.1. The number of halogens is 1. The number of nitrogens with zero attached hydrogens (tertiary/aromatic N) is 1. The largest absolute Gasteiger partial charge is 0.356 e. The fourth-order valence-corrected chi connectivity index (χ4v) is 1.22. The van der Waals surface area contributed by atoms with Crippen LogP contribution in [0.15, 0.2) is 34.9 Å². The number of Topliss-reactive ketones (excluding diaryl/α,β-unsaturated/α-hetero) is 1. The standard InChI is InChI=1S/C11H8FNO2/c1-7(14)10-6-11(15-13-10)8-3-2-4-9(12)5-8/h2-6H,1H3. The van der Waals surface area contributed by atoms with Gasteiger partial charge in [0.1, 0.15) is 11.5 Å². The summed E-state index contributed by atoms with van der Waals surface area (Å²) in [7, 11) is 0. The molecule has 0 aliphatic rings. The molecule has 0 saturated carbocycles. The van der Waals surface area contributed by atoms with Crippen molar-refractivity contribution in [3.63, 3.8) is 0 Å². The topological polar surface area (TPSA) is 43.1 Å². The van der Waals surface area contributed by atoms with Crippen LogP contribution in [-0.2, 0) is 0 Å². The Bertz CT molecular complexity index is 505. The van der Waals surface area contributed by atoms with Gasteiger partial charge in [-0.25, -0.2) is 4.39 Å². The molecule has 0 fully saturated rings. The van der Waals surface area contributed by atoms with Crippen LogP contribution in [0.4, 0.5) is 4.39 Å². The second-order valence-electron chi connectivity index (χ2n) is 3.14. The summed E-state index contributed by atoms with van der Waals surface area (Å²) in [5, 5.41) is 3.57. The van der Waals surface area contributed by atoms with E-state index in [0.29, 0.717) is 11.3 Å². The van der Waals surface area contributed by atoms with E-state index >= 15 is 0 Å². The quantitative estimate of drug-likeness (QED) is 0.708. The average Bonchev–Trinajstić information content (AvgIpc) is 2.66. The first-order valence-corrected chi connectivity index (χ1v) is 4.40. The van der Waals surface area contributed by atoms with Crippen LogP contribution >= 0.6 is 0 Å². The normalized spacial score (nSPS) is 10.3. The molecule has 0 atom stereocenters. The molecule has 1 aromatic heterocycles. The summed E-state index contributed by atoms with van der Waals surface area (Å²) < 4.78 is 17.8. The van der Waals surface area contributed by atoms with Gasteiger partial charge in [-0.05, 0) is 12.1 Å². The van der Waals surface area contributed by atoms with Crippen molar-refractivity contribution < 1.29 is 13.7 Å². The van der Waals surface area contributed by atoms with E-state index in [9.17, 15) is 9.18 Å². The molecule has 0 amide bonds. The van der Waals surface area contributed by atoms with Crippen LogP contribution in [0.1, 0.15) is 17.4 Å². The molecule has 4 heteroatoms. The summed E-state index contributed by atoms with van der Waals surface area (Å²) in [5.41, 5.74) is 0.810. The third-order valence-electron chi connectivity index (χ3n) is 1.98. The monoisotopic (exact) mass is 205 g/mol. The first-order chi connectivity index (χ1) is 7.16. The molecule has 3 nitrogen and oxygen atoms in total. The maximum atomic E-state index is 12.9. The smallest absolute Gasteiger partial charge is 0.181 e. The Hall–Kier alpha value is -1.97. The molecule has 0 spiro atoms. The summed E-state index contributed by atoms with van der Waals surface area (Å²) >= 11 is 0. The molecule has 0 bridgehead atoms. The van der Waals surface area contributed by atoms with Crippen molar-refractivity contribution >= 4 is 5.78 Å². The van der Waals surface area contributed by atoms with Crippen LogP contribution < -0.4 is 0 Å². The first kappa shape index (κ1) is 9.58. The van der Waals surface area contributed by atoms with E-state index in [4.69, 9.17) is 4.52 Å². The summed E-state index contributed by atoms with van der Waals surface area (Å²) in [6.45, 7) is 1.40. The second kappa shape index (κ2) is 3.65. The molecular formula is C11H8FNO2. The molecule has 15 heavy (non-hydrogen) atoms. The maximum absolute atomic E-state index is 12.9. The van der Waals surface area contributed by atoms with Crippen LogP contribution in [0.5, 0.6) is 0 Å². The Morgan fingerprint density at radius 3 is 2.80 bits per heavy atom. The average molecular weight is 205 g/mol. The lowest BCUT2D eigenvalue weighted by molar-refractivity contribution is 0.100. The molecule has 0 aliphatic carbocycles. The van der Waals surface area contributed by atoms with E-state index < -0.39 is 0 Å². The number of hydrogen-bond acceptors (Lipinski definition) is 3. The molecule has 76 valence electrons. The Morgan fingerprint density at radius 2 is 2.20 bits per heavy atom. The summed E-state index contributed by atoms with van der Waals surface area (Å²) in [4.78, 5) is 11.0. The number of hydrogen-bond donors (Lipinski definition) is 0. The molecule has 2 rings (SSSR count). The third-order valence-corrected chi connectivity index (χ3v) is 1.98. The van der Waals surface area contributed by atoms with Crippen molar-refractivity contribution in [2.45, 2.75) is 6.92 Å². The lowest BCUT2D eigenvalue weighted by Crippen LogP contribution is -1.89. The fraction of sp³-hybridized carbons (Fsp3) is 0.0909. The van der Waals surface area contributed by atoms with Gasteiger partial charge in [0.15, 0.2) is 11.5 Å². The Balaban J connectivity index is 2.41. The number of carbonyl (C=O) groups is 1. The van der Waals surface area contributed by atoms with Crippen molar-refractivity contribution in [1.82, 2.24) is 5.16 Å². The molecule has 2 aromatic rings. The number of carbonyl (C=O) groups excluding carboxylic acids is 1. The SMILES string of the molecule is CC(=O)c1cc(-c2cccc(F)c2)on1. The Labute approximate surface area is 85.5 Å². The molecule has 1 heterocycles. The number of rotatable bonds is 2. The Kier molecular flexibility index (Phi) is 2.33. The highest BCUT2D eigenvalue weighted by Gasteiger charge is 2.09.